The molecular weight excluding hydrogens is 278 g/mol. The summed E-state index contributed by atoms with van der Waals surface area (Å²) in [6.07, 6.45) is 0. The van der Waals surface area contributed by atoms with E-state index in [1.807, 2.05) is 37.3 Å². The van der Waals surface area contributed by atoms with Gasteiger partial charge in [0.1, 0.15) is 11.9 Å². The third kappa shape index (κ3) is 2.29. The molecule has 0 aliphatic carbocycles. The van der Waals surface area contributed by atoms with Crippen LogP contribution in [-0.2, 0) is 0 Å². The molecule has 0 amide bonds. The van der Waals surface area contributed by atoms with Crippen LogP contribution in [0.25, 0.3) is 11.3 Å². The van der Waals surface area contributed by atoms with Crippen LogP contribution >= 0.6 is 15.9 Å². The maximum Gasteiger partial charge on any atom is 0.142 e. The molecule has 0 radical (unpaired) electrons. The van der Waals surface area contributed by atoms with E-state index in [9.17, 15) is 0 Å². The summed E-state index contributed by atoms with van der Waals surface area (Å²) in [5.74, 6) is 0.271. The van der Waals surface area contributed by atoms with Crippen molar-refractivity contribution < 1.29 is 0 Å². The quantitative estimate of drug-likeness (QED) is 0.876. The van der Waals surface area contributed by atoms with Gasteiger partial charge in [0.25, 0.3) is 0 Å². The van der Waals surface area contributed by atoms with Crippen molar-refractivity contribution in [2.45, 2.75) is 6.92 Å². The Balaban J connectivity index is 2.61. The Kier molecular flexibility index (Phi) is 3.12. The summed E-state index contributed by atoms with van der Waals surface area (Å²) >= 11 is 3.42. The van der Waals surface area contributed by atoms with Gasteiger partial charge in [0.2, 0.25) is 0 Å². The van der Waals surface area contributed by atoms with Crippen LogP contribution in [0.2, 0.25) is 0 Å². The molecule has 1 aromatic carbocycles. The number of benzene rings is 1. The molecule has 84 valence electrons. The number of pyridine rings is 1. The molecule has 3 nitrogen and oxygen atoms in total. The number of hydrogen-bond donors (Lipinski definition) is 1. The minimum absolute atomic E-state index is 0.271. The lowest BCUT2D eigenvalue weighted by atomic mass is 10.1. The van der Waals surface area contributed by atoms with Crippen LogP contribution in [0, 0.1) is 18.3 Å². The highest BCUT2D eigenvalue weighted by Gasteiger charge is 2.08. The first-order valence-electron chi connectivity index (χ1n) is 5.05. The van der Waals surface area contributed by atoms with Gasteiger partial charge in [-0.25, -0.2) is 4.98 Å². The molecule has 0 unspecified atom stereocenters. The summed E-state index contributed by atoms with van der Waals surface area (Å²) in [6.45, 7) is 1.92. The van der Waals surface area contributed by atoms with E-state index < -0.39 is 0 Å². The van der Waals surface area contributed by atoms with E-state index in [0.29, 0.717) is 5.56 Å². The van der Waals surface area contributed by atoms with Crippen molar-refractivity contribution >= 4 is 21.7 Å². The lowest BCUT2D eigenvalue weighted by Crippen LogP contribution is -1.99. The number of aryl methyl sites for hydroxylation is 1. The molecule has 2 rings (SSSR count). The van der Waals surface area contributed by atoms with Crippen LogP contribution < -0.4 is 5.73 Å². The Morgan fingerprint density at radius 3 is 2.76 bits per heavy atom. The van der Waals surface area contributed by atoms with Crippen molar-refractivity contribution in [1.29, 1.82) is 5.26 Å². The average molecular weight is 288 g/mol. The zero-order chi connectivity index (χ0) is 12.4. The topological polar surface area (TPSA) is 62.7 Å². The number of anilines is 1. The van der Waals surface area contributed by atoms with Gasteiger partial charge < -0.3 is 5.73 Å². The van der Waals surface area contributed by atoms with Gasteiger partial charge in [-0.3, -0.25) is 0 Å². The summed E-state index contributed by atoms with van der Waals surface area (Å²) in [4.78, 5) is 4.29. The number of nitrogens with two attached hydrogens (primary N) is 1. The Labute approximate surface area is 108 Å². The Morgan fingerprint density at radius 2 is 2.12 bits per heavy atom. The van der Waals surface area contributed by atoms with E-state index in [1.54, 1.807) is 6.07 Å². The number of nitrogen functional groups attached to an aromatic ring is 1. The molecule has 1 aromatic heterocycles. The summed E-state index contributed by atoms with van der Waals surface area (Å²) in [5.41, 5.74) is 8.88. The fourth-order valence-electron chi connectivity index (χ4n) is 1.65. The number of halogens is 1. The second-order valence-corrected chi connectivity index (χ2v) is 4.62. The Morgan fingerprint density at radius 1 is 1.35 bits per heavy atom. The van der Waals surface area contributed by atoms with E-state index in [1.165, 1.54) is 0 Å². The highest BCUT2D eigenvalue weighted by Crippen LogP contribution is 2.26. The van der Waals surface area contributed by atoms with Gasteiger partial charge in [-0.15, -0.1) is 0 Å². The molecule has 0 saturated heterocycles. The Hall–Kier alpha value is -1.86. The van der Waals surface area contributed by atoms with Crippen molar-refractivity contribution in [3.05, 3.63) is 45.9 Å². The minimum atomic E-state index is 0.271. The van der Waals surface area contributed by atoms with Crippen molar-refractivity contribution in [2.24, 2.45) is 0 Å². The first kappa shape index (κ1) is 11.6. The maximum atomic E-state index is 8.87. The highest BCUT2D eigenvalue weighted by atomic mass is 79.9. The number of nitriles is 1. The van der Waals surface area contributed by atoms with E-state index in [2.05, 4.69) is 20.9 Å². The molecule has 17 heavy (non-hydrogen) atoms. The number of nitrogens with zero attached hydrogens (tertiary/aromatic N) is 2. The van der Waals surface area contributed by atoms with E-state index in [0.717, 1.165) is 21.3 Å². The number of rotatable bonds is 1. The monoisotopic (exact) mass is 287 g/mol. The highest BCUT2D eigenvalue weighted by molar-refractivity contribution is 9.10. The predicted octanol–water partition coefficient (Wildman–Crippen LogP) is 3.27. The molecule has 1 heterocycles. The molecule has 0 atom stereocenters. The summed E-state index contributed by atoms with van der Waals surface area (Å²) in [6, 6.07) is 11.6. The molecule has 0 saturated carbocycles. The van der Waals surface area contributed by atoms with Crippen LogP contribution in [0.3, 0.4) is 0 Å². The SMILES string of the molecule is Cc1cc(C#N)c(N)nc1-c1cccc(Br)c1. The second kappa shape index (κ2) is 4.56. The molecule has 0 spiro atoms. The lowest BCUT2D eigenvalue weighted by molar-refractivity contribution is 1.26. The van der Waals surface area contributed by atoms with E-state index in [4.69, 9.17) is 11.0 Å². The number of aromatic nitrogens is 1. The van der Waals surface area contributed by atoms with Gasteiger partial charge in [-0.1, -0.05) is 28.1 Å². The predicted molar refractivity (Wildman–Crippen MR) is 71.2 cm³/mol. The van der Waals surface area contributed by atoms with E-state index >= 15 is 0 Å². The summed E-state index contributed by atoms with van der Waals surface area (Å²) in [5, 5.41) is 8.87. The van der Waals surface area contributed by atoms with Crippen molar-refractivity contribution in [2.75, 3.05) is 5.73 Å². The van der Waals surface area contributed by atoms with Crippen LogP contribution in [0.4, 0.5) is 5.82 Å². The van der Waals surface area contributed by atoms with Gasteiger partial charge in [0.05, 0.1) is 11.3 Å². The van der Waals surface area contributed by atoms with Gasteiger partial charge >= 0.3 is 0 Å². The molecule has 4 heteroatoms. The first-order chi connectivity index (χ1) is 8.11. The maximum absolute atomic E-state index is 8.87. The molecule has 2 N–H and O–H groups in total. The standard InChI is InChI=1S/C13H10BrN3/c1-8-5-10(7-15)13(16)17-12(8)9-3-2-4-11(14)6-9/h2-6H,1H3,(H2,16,17). The number of hydrogen-bond acceptors (Lipinski definition) is 3. The van der Waals surface area contributed by atoms with Gasteiger partial charge in [-0.2, -0.15) is 5.26 Å². The van der Waals surface area contributed by atoms with Crippen molar-refractivity contribution in [3.8, 4) is 17.3 Å². The fraction of sp³-hybridized carbons (Fsp3) is 0.0769. The van der Waals surface area contributed by atoms with Crippen molar-refractivity contribution in [3.63, 3.8) is 0 Å². The van der Waals surface area contributed by atoms with Gasteiger partial charge in [-0.05, 0) is 30.7 Å². The van der Waals surface area contributed by atoms with Crippen LogP contribution in [-0.4, -0.2) is 4.98 Å². The molecule has 2 aromatic rings. The molecule has 0 aliphatic rings. The second-order valence-electron chi connectivity index (χ2n) is 3.71. The average Bonchev–Trinajstić information content (AvgIpc) is 2.31. The molecular formula is C13H10BrN3. The minimum Gasteiger partial charge on any atom is -0.383 e. The lowest BCUT2D eigenvalue weighted by Gasteiger charge is -2.07. The zero-order valence-electron chi connectivity index (χ0n) is 9.24. The van der Waals surface area contributed by atoms with Gasteiger partial charge in [0, 0.05) is 10.0 Å². The summed E-state index contributed by atoms with van der Waals surface area (Å²) in [7, 11) is 0. The molecule has 0 bridgehead atoms. The zero-order valence-corrected chi connectivity index (χ0v) is 10.8. The largest absolute Gasteiger partial charge is 0.383 e. The summed E-state index contributed by atoms with van der Waals surface area (Å²) < 4.78 is 0.985. The van der Waals surface area contributed by atoms with Crippen LogP contribution in [0.5, 0.6) is 0 Å². The molecule has 0 fully saturated rings. The normalized spacial score (nSPS) is 9.94. The third-order valence-corrected chi connectivity index (χ3v) is 2.95. The van der Waals surface area contributed by atoms with Gasteiger partial charge in [0.15, 0.2) is 0 Å². The smallest absolute Gasteiger partial charge is 0.142 e. The fourth-order valence-corrected chi connectivity index (χ4v) is 2.04. The third-order valence-electron chi connectivity index (χ3n) is 2.46. The van der Waals surface area contributed by atoms with E-state index in [-0.39, 0.29) is 5.82 Å². The van der Waals surface area contributed by atoms with Crippen LogP contribution in [0.1, 0.15) is 11.1 Å². The molecule has 0 aliphatic heterocycles. The Bertz CT molecular complexity index is 615. The van der Waals surface area contributed by atoms with Crippen LogP contribution in [0.15, 0.2) is 34.8 Å². The first-order valence-corrected chi connectivity index (χ1v) is 5.84. The van der Waals surface area contributed by atoms with Crippen molar-refractivity contribution in [1.82, 2.24) is 4.98 Å².